The van der Waals surface area contributed by atoms with E-state index >= 15 is 0 Å². The predicted molar refractivity (Wildman–Crippen MR) is 134 cm³/mol. The first kappa shape index (κ1) is 25.1. The van der Waals surface area contributed by atoms with Gasteiger partial charge in [0.1, 0.15) is 12.4 Å². The molecule has 2 aromatic carbocycles. The molecule has 0 unspecified atom stereocenters. The Hall–Kier alpha value is -2.54. The Labute approximate surface area is 198 Å². The van der Waals surface area contributed by atoms with Gasteiger partial charge < -0.3 is 9.64 Å². The van der Waals surface area contributed by atoms with E-state index in [2.05, 4.69) is 18.6 Å². The third-order valence-corrected chi connectivity index (χ3v) is 8.32. The first-order valence-electron chi connectivity index (χ1n) is 11.4. The van der Waals surface area contributed by atoms with Gasteiger partial charge in [-0.2, -0.15) is 0 Å². The second-order valence-electron chi connectivity index (χ2n) is 10.2. The van der Waals surface area contributed by atoms with Crippen LogP contribution in [0.2, 0.25) is 0 Å². The maximum Gasteiger partial charge on any atom is 0.262 e. The average Bonchev–Trinajstić information content (AvgIpc) is 2.80. The molecule has 0 atom stereocenters. The van der Waals surface area contributed by atoms with Gasteiger partial charge in [-0.05, 0) is 94.3 Å². The summed E-state index contributed by atoms with van der Waals surface area (Å²) in [5.74, 6) is 0.771. The lowest BCUT2D eigenvalue weighted by molar-refractivity contribution is -0.127. The van der Waals surface area contributed by atoms with Crippen molar-refractivity contribution < 1.29 is 17.9 Å². The number of amides is 1. The van der Waals surface area contributed by atoms with Gasteiger partial charge in [-0.25, -0.2) is 8.42 Å². The maximum atomic E-state index is 13.4. The van der Waals surface area contributed by atoms with E-state index in [1.54, 1.807) is 23.1 Å². The van der Waals surface area contributed by atoms with E-state index in [4.69, 9.17) is 4.74 Å². The molecule has 6 nitrogen and oxygen atoms in total. The quantitative estimate of drug-likeness (QED) is 0.629. The number of hydrogen-bond donors (Lipinski definition) is 1. The van der Waals surface area contributed by atoms with E-state index in [0.717, 1.165) is 27.8 Å². The molecule has 2 aromatic rings. The summed E-state index contributed by atoms with van der Waals surface area (Å²) >= 11 is 0. The molecule has 0 saturated carbocycles. The molecule has 0 radical (unpaired) electrons. The van der Waals surface area contributed by atoms with Crippen LogP contribution in [0, 0.1) is 46.0 Å². The number of anilines is 2. The number of sulfonamides is 1. The van der Waals surface area contributed by atoms with Crippen molar-refractivity contribution in [3.8, 4) is 5.75 Å². The number of benzene rings is 2. The fourth-order valence-electron chi connectivity index (χ4n) is 4.33. The summed E-state index contributed by atoms with van der Waals surface area (Å²) in [5, 5.41) is 0. The van der Waals surface area contributed by atoms with Crippen LogP contribution in [0.3, 0.4) is 0 Å². The molecular formula is C26H36N2O4S. The van der Waals surface area contributed by atoms with Gasteiger partial charge in [0.15, 0.2) is 0 Å². The van der Waals surface area contributed by atoms with E-state index in [1.165, 1.54) is 0 Å². The second kappa shape index (κ2) is 8.67. The Morgan fingerprint density at radius 3 is 2.09 bits per heavy atom. The highest BCUT2D eigenvalue weighted by atomic mass is 32.2. The summed E-state index contributed by atoms with van der Waals surface area (Å²) in [6, 6.07) is 5.13. The summed E-state index contributed by atoms with van der Waals surface area (Å²) in [5.41, 5.74) is 4.96. The molecule has 0 spiro atoms. The minimum absolute atomic E-state index is 0.000126. The highest BCUT2D eigenvalue weighted by Crippen LogP contribution is 2.39. The van der Waals surface area contributed by atoms with Gasteiger partial charge in [-0.3, -0.25) is 9.52 Å². The van der Waals surface area contributed by atoms with Crippen LogP contribution in [0.5, 0.6) is 5.75 Å². The standard InChI is InChI=1S/C26H36N2O4S/c1-15(2)13-28-22-11-10-21(12-23(22)32-14-26(8,9)25(28)29)27-33(30,31)24-19(6)17(4)16(3)18(5)20(24)7/h10-12,15,27H,13-14H2,1-9H3. The van der Waals surface area contributed by atoms with Gasteiger partial charge in [0.25, 0.3) is 10.0 Å². The summed E-state index contributed by atoms with van der Waals surface area (Å²) in [6.07, 6.45) is 0. The van der Waals surface area contributed by atoms with Crippen LogP contribution >= 0.6 is 0 Å². The van der Waals surface area contributed by atoms with Crippen molar-refractivity contribution in [2.45, 2.75) is 67.2 Å². The molecule has 1 aliphatic heterocycles. The van der Waals surface area contributed by atoms with Crippen LogP contribution in [0.15, 0.2) is 23.1 Å². The molecule has 1 aliphatic rings. The van der Waals surface area contributed by atoms with Gasteiger partial charge >= 0.3 is 0 Å². The second-order valence-corrected chi connectivity index (χ2v) is 11.8. The van der Waals surface area contributed by atoms with E-state index in [-0.39, 0.29) is 18.4 Å². The molecule has 0 saturated heterocycles. The number of rotatable bonds is 5. The van der Waals surface area contributed by atoms with Crippen molar-refractivity contribution in [3.63, 3.8) is 0 Å². The summed E-state index contributed by atoms with van der Waals surface area (Å²) in [4.78, 5) is 15.2. The topological polar surface area (TPSA) is 75.7 Å². The molecule has 1 amide bonds. The molecule has 180 valence electrons. The fourth-order valence-corrected chi connectivity index (χ4v) is 5.98. The molecule has 3 rings (SSSR count). The zero-order valence-corrected chi connectivity index (χ0v) is 22.0. The highest BCUT2D eigenvalue weighted by Gasteiger charge is 2.38. The number of hydrogen-bond acceptors (Lipinski definition) is 4. The SMILES string of the molecule is Cc1c(C)c(C)c(S(=O)(=O)Nc2ccc3c(c2)OCC(C)(C)C(=O)N3CC(C)C)c(C)c1C. The smallest absolute Gasteiger partial charge is 0.262 e. The average molecular weight is 473 g/mol. The van der Waals surface area contributed by atoms with Crippen LogP contribution in [-0.2, 0) is 14.8 Å². The van der Waals surface area contributed by atoms with Crippen molar-refractivity contribution in [2.24, 2.45) is 11.3 Å². The van der Waals surface area contributed by atoms with Crippen molar-refractivity contribution in [2.75, 3.05) is 22.8 Å². The lowest BCUT2D eigenvalue weighted by atomic mass is 9.92. The molecule has 0 fully saturated rings. The normalized spacial score (nSPS) is 15.8. The van der Waals surface area contributed by atoms with Gasteiger partial charge in [0.05, 0.1) is 21.7 Å². The van der Waals surface area contributed by atoms with Gasteiger partial charge in [-0.15, -0.1) is 0 Å². The Kier molecular flexibility index (Phi) is 6.59. The van der Waals surface area contributed by atoms with Crippen LogP contribution in [0.1, 0.15) is 55.5 Å². The molecule has 0 aromatic heterocycles. The van der Waals surface area contributed by atoms with Crippen molar-refractivity contribution in [3.05, 3.63) is 46.0 Å². The van der Waals surface area contributed by atoms with Crippen LogP contribution in [-0.4, -0.2) is 27.5 Å². The van der Waals surface area contributed by atoms with E-state index < -0.39 is 15.4 Å². The highest BCUT2D eigenvalue weighted by molar-refractivity contribution is 7.92. The number of fused-ring (bicyclic) bond motifs is 1. The maximum absolute atomic E-state index is 13.4. The minimum Gasteiger partial charge on any atom is -0.490 e. The Balaban J connectivity index is 2.05. The molecule has 7 heteroatoms. The Bertz CT molecular complexity index is 1180. The summed E-state index contributed by atoms with van der Waals surface area (Å²) < 4.78 is 35.6. The lowest BCUT2D eigenvalue weighted by Gasteiger charge is -2.29. The molecular weight excluding hydrogens is 436 g/mol. The molecule has 33 heavy (non-hydrogen) atoms. The fraction of sp³-hybridized carbons (Fsp3) is 0.500. The van der Waals surface area contributed by atoms with Crippen LogP contribution < -0.4 is 14.4 Å². The number of nitrogens with one attached hydrogen (secondary N) is 1. The van der Waals surface area contributed by atoms with Crippen molar-refractivity contribution in [1.82, 2.24) is 0 Å². The van der Waals surface area contributed by atoms with Crippen molar-refractivity contribution in [1.29, 1.82) is 0 Å². The number of nitrogens with zero attached hydrogens (tertiary/aromatic N) is 1. The number of carbonyl (C=O) groups is 1. The van der Waals surface area contributed by atoms with Crippen LogP contribution in [0.25, 0.3) is 0 Å². The number of carbonyl (C=O) groups excluding carboxylic acids is 1. The predicted octanol–water partition coefficient (Wildman–Crippen LogP) is 5.44. The van der Waals surface area contributed by atoms with Crippen molar-refractivity contribution >= 4 is 27.3 Å². The van der Waals surface area contributed by atoms with Gasteiger partial charge in [-0.1, -0.05) is 13.8 Å². The zero-order valence-electron chi connectivity index (χ0n) is 21.2. The van der Waals surface area contributed by atoms with Gasteiger partial charge in [0.2, 0.25) is 5.91 Å². The zero-order chi connectivity index (χ0) is 24.9. The minimum atomic E-state index is -3.82. The first-order valence-corrected chi connectivity index (χ1v) is 12.8. The summed E-state index contributed by atoms with van der Waals surface area (Å²) in [6.45, 7) is 18.3. The number of ether oxygens (including phenoxy) is 1. The third-order valence-electron chi connectivity index (χ3n) is 6.66. The molecule has 0 aliphatic carbocycles. The lowest BCUT2D eigenvalue weighted by Crippen LogP contribution is -2.43. The Morgan fingerprint density at radius 2 is 1.55 bits per heavy atom. The third kappa shape index (κ3) is 4.60. The first-order chi connectivity index (χ1) is 15.2. The molecule has 0 bridgehead atoms. The largest absolute Gasteiger partial charge is 0.490 e. The van der Waals surface area contributed by atoms with E-state index in [0.29, 0.717) is 28.6 Å². The van der Waals surface area contributed by atoms with E-state index in [1.807, 2.05) is 48.5 Å². The molecule has 1 N–H and O–H groups in total. The van der Waals surface area contributed by atoms with Crippen LogP contribution in [0.4, 0.5) is 11.4 Å². The Morgan fingerprint density at radius 1 is 1.00 bits per heavy atom. The molecule has 1 heterocycles. The summed E-state index contributed by atoms with van der Waals surface area (Å²) in [7, 11) is -3.82. The van der Waals surface area contributed by atoms with Gasteiger partial charge in [0, 0.05) is 12.6 Å². The van der Waals surface area contributed by atoms with E-state index in [9.17, 15) is 13.2 Å². The monoisotopic (exact) mass is 472 g/mol.